The lowest BCUT2D eigenvalue weighted by molar-refractivity contribution is 0.455. The smallest absolute Gasteiger partial charge is 0.204 e. The minimum atomic E-state index is -0.918. The van der Waals surface area contributed by atoms with Gasteiger partial charge in [-0.2, -0.15) is 4.80 Å². The maximum absolute atomic E-state index is 13.0. The largest absolute Gasteiger partial charge is 0.205 e. The molecule has 0 N–H and O–H groups in total. The zero-order chi connectivity index (χ0) is 11.7. The van der Waals surface area contributed by atoms with Gasteiger partial charge in [-0.1, -0.05) is 0 Å². The molecule has 1 aromatic carbocycles. The number of hydrogen-bond acceptors (Lipinski definition) is 3. The van der Waals surface area contributed by atoms with E-state index >= 15 is 0 Å². The van der Waals surface area contributed by atoms with E-state index < -0.39 is 11.6 Å². The normalized spacial score (nSPS) is 11.1. The summed E-state index contributed by atoms with van der Waals surface area (Å²) in [6, 6.07) is 3.59. The van der Waals surface area contributed by atoms with Gasteiger partial charge in [-0.3, -0.25) is 0 Å². The highest BCUT2D eigenvalue weighted by molar-refractivity contribution is 5.53. The number of tetrazole rings is 1. The molecule has 0 fully saturated rings. The molecule has 0 radical (unpaired) electrons. The fraction of sp³-hybridized carbons (Fsp3) is 0.300. The summed E-state index contributed by atoms with van der Waals surface area (Å²) in [4.78, 5) is 1.41. The van der Waals surface area contributed by atoms with Crippen molar-refractivity contribution >= 4 is 0 Å². The minimum Gasteiger partial charge on any atom is -0.204 e. The van der Waals surface area contributed by atoms with Crippen molar-refractivity contribution in [1.29, 1.82) is 0 Å². The van der Waals surface area contributed by atoms with Gasteiger partial charge in [0.25, 0.3) is 0 Å². The van der Waals surface area contributed by atoms with Gasteiger partial charge in [-0.25, -0.2) is 8.78 Å². The van der Waals surface area contributed by atoms with Crippen molar-refractivity contribution in [2.45, 2.75) is 19.9 Å². The maximum Gasteiger partial charge on any atom is 0.205 e. The molecule has 0 spiro atoms. The average Bonchev–Trinajstić information content (AvgIpc) is 2.71. The van der Waals surface area contributed by atoms with Crippen LogP contribution in [0.2, 0.25) is 0 Å². The van der Waals surface area contributed by atoms with Crippen LogP contribution in [0.1, 0.15) is 19.9 Å². The van der Waals surface area contributed by atoms with Gasteiger partial charge in [0.1, 0.15) is 0 Å². The van der Waals surface area contributed by atoms with Crippen molar-refractivity contribution in [1.82, 2.24) is 20.2 Å². The summed E-state index contributed by atoms with van der Waals surface area (Å²) < 4.78 is 25.7. The Hall–Kier alpha value is -1.85. The predicted molar refractivity (Wildman–Crippen MR) is 53.6 cm³/mol. The summed E-state index contributed by atoms with van der Waals surface area (Å²) in [5.41, 5.74) is 0.408. The van der Waals surface area contributed by atoms with Crippen molar-refractivity contribution in [2.75, 3.05) is 0 Å². The van der Waals surface area contributed by atoms with Crippen LogP contribution in [0.4, 0.5) is 8.78 Å². The van der Waals surface area contributed by atoms with Crippen molar-refractivity contribution in [3.63, 3.8) is 0 Å². The average molecular weight is 224 g/mol. The Morgan fingerprint density at radius 2 is 1.94 bits per heavy atom. The highest BCUT2D eigenvalue weighted by Gasteiger charge is 2.10. The molecule has 2 aromatic rings. The fourth-order valence-corrected chi connectivity index (χ4v) is 1.19. The summed E-state index contributed by atoms with van der Waals surface area (Å²) in [5.74, 6) is -1.52. The Labute approximate surface area is 90.9 Å². The molecule has 0 unspecified atom stereocenters. The third-order valence-corrected chi connectivity index (χ3v) is 2.07. The molecule has 0 amide bonds. The lowest BCUT2D eigenvalue weighted by Crippen LogP contribution is -2.04. The first-order chi connectivity index (χ1) is 7.58. The zero-order valence-electron chi connectivity index (χ0n) is 8.85. The molecule has 0 aliphatic heterocycles. The second-order valence-corrected chi connectivity index (χ2v) is 3.66. The van der Waals surface area contributed by atoms with Crippen LogP contribution >= 0.6 is 0 Å². The third kappa shape index (κ3) is 1.91. The van der Waals surface area contributed by atoms with Crippen LogP contribution in [0.3, 0.4) is 0 Å². The zero-order valence-corrected chi connectivity index (χ0v) is 8.85. The van der Waals surface area contributed by atoms with Crippen LogP contribution < -0.4 is 0 Å². The Morgan fingerprint density at radius 3 is 2.50 bits per heavy atom. The number of aromatic nitrogens is 4. The first-order valence-corrected chi connectivity index (χ1v) is 4.83. The van der Waals surface area contributed by atoms with Gasteiger partial charge in [0.2, 0.25) is 5.82 Å². The van der Waals surface area contributed by atoms with E-state index in [1.807, 2.05) is 13.8 Å². The van der Waals surface area contributed by atoms with Crippen molar-refractivity contribution < 1.29 is 8.78 Å². The monoisotopic (exact) mass is 224 g/mol. The molecule has 0 aliphatic rings. The number of rotatable bonds is 2. The van der Waals surface area contributed by atoms with Crippen LogP contribution in [0.15, 0.2) is 18.2 Å². The highest BCUT2D eigenvalue weighted by atomic mass is 19.2. The number of hydrogen-bond donors (Lipinski definition) is 0. The molecule has 84 valence electrons. The van der Waals surface area contributed by atoms with Gasteiger partial charge in [-0.15, -0.1) is 10.2 Å². The lowest BCUT2D eigenvalue weighted by Gasteiger charge is -1.99. The van der Waals surface area contributed by atoms with Gasteiger partial charge in [-0.05, 0) is 37.3 Å². The molecular weight excluding hydrogens is 214 g/mol. The van der Waals surface area contributed by atoms with E-state index in [1.165, 1.54) is 10.9 Å². The van der Waals surface area contributed by atoms with E-state index in [4.69, 9.17) is 0 Å². The first-order valence-electron chi connectivity index (χ1n) is 4.83. The quantitative estimate of drug-likeness (QED) is 0.785. The molecule has 0 atom stereocenters. The van der Waals surface area contributed by atoms with E-state index in [1.54, 1.807) is 0 Å². The van der Waals surface area contributed by atoms with E-state index in [9.17, 15) is 8.78 Å². The van der Waals surface area contributed by atoms with Gasteiger partial charge in [0.15, 0.2) is 11.6 Å². The highest BCUT2D eigenvalue weighted by Crippen LogP contribution is 2.17. The standard InChI is InChI=1S/C10H10F2N4/c1-6(2)16-14-10(13-15-16)7-3-4-8(11)9(12)5-7/h3-6H,1-2H3. The molecule has 6 heteroatoms. The number of halogens is 2. The molecule has 16 heavy (non-hydrogen) atoms. The molecule has 1 heterocycles. The van der Waals surface area contributed by atoms with Crippen LogP contribution in [0, 0.1) is 11.6 Å². The lowest BCUT2D eigenvalue weighted by atomic mass is 10.2. The summed E-state index contributed by atoms with van der Waals surface area (Å²) in [6.45, 7) is 3.80. The predicted octanol–water partition coefficient (Wildman–Crippen LogP) is 2.20. The second kappa shape index (κ2) is 3.96. The molecule has 0 saturated carbocycles. The molecule has 0 aliphatic carbocycles. The molecule has 4 nitrogen and oxygen atoms in total. The van der Waals surface area contributed by atoms with Crippen molar-refractivity contribution in [3.8, 4) is 11.4 Å². The summed E-state index contributed by atoms with van der Waals surface area (Å²) in [5, 5.41) is 11.6. The minimum absolute atomic E-state index is 0.0755. The Balaban J connectivity index is 2.39. The van der Waals surface area contributed by atoms with Gasteiger partial charge >= 0.3 is 0 Å². The van der Waals surface area contributed by atoms with Crippen LogP contribution in [0.25, 0.3) is 11.4 Å². The number of nitrogens with zero attached hydrogens (tertiary/aromatic N) is 4. The summed E-state index contributed by atoms with van der Waals surface area (Å²) >= 11 is 0. The summed E-state index contributed by atoms with van der Waals surface area (Å²) in [6.07, 6.45) is 0. The fourth-order valence-electron chi connectivity index (χ4n) is 1.19. The second-order valence-electron chi connectivity index (χ2n) is 3.66. The Kier molecular flexibility index (Phi) is 2.64. The SMILES string of the molecule is CC(C)n1nnc(-c2ccc(F)c(F)c2)n1. The van der Waals surface area contributed by atoms with Gasteiger partial charge in [0, 0.05) is 5.56 Å². The summed E-state index contributed by atoms with van der Waals surface area (Å²) in [7, 11) is 0. The third-order valence-electron chi connectivity index (χ3n) is 2.07. The van der Waals surface area contributed by atoms with Crippen LogP contribution in [-0.2, 0) is 0 Å². The topological polar surface area (TPSA) is 43.6 Å². The van der Waals surface area contributed by atoms with Gasteiger partial charge < -0.3 is 0 Å². The number of benzene rings is 1. The maximum atomic E-state index is 13.0. The van der Waals surface area contributed by atoms with E-state index in [2.05, 4.69) is 15.4 Å². The molecule has 0 saturated heterocycles. The Morgan fingerprint density at radius 1 is 1.19 bits per heavy atom. The molecule has 1 aromatic heterocycles. The van der Waals surface area contributed by atoms with Crippen molar-refractivity contribution in [3.05, 3.63) is 29.8 Å². The molecular formula is C10H10F2N4. The van der Waals surface area contributed by atoms with Gasteiger partial charge in [0.05, 0.1) is 6.04 Å². The first kappa shape index (κ1) is 10.7. The molecule has 0 bridgehead atoms. The van der Waals surface area contributed by atoms with E-state index in [0.29, 0.717) is 5.56 Å². The van der Waals surface area contributed by atoms with Crippen LogP contribution in [-0.4, -0.2) is 20.2 Å². The van der Waals surface area contributed by atoms with Crippen LogP contribution in [0.5, 0.6) is 0 Å². The van der Waals surface area contributed by atoms with Crippen molar-refractivity contribution in [2.24, 2.45) is 0 Å². The van der Waals surface area contributed by atoms with E-state index in [0.717, 1.165) is 12.1 Å². The molecule has 2 rings (SSSR count). The van der Waals surface area contributed by atoms with E-state index in [-0.39, 0.29) is 11.9 Å². The Bertz CT molecular complexity index is 507.